The van der Waals surface area contributed by atoms with E-state index in [1.54, 1.807) is 0 Å². The van der Waals surface area contributed by atoms with Gasteiger partial charge >= 0.3 is 0 Å². The fourth-order valence-electron chi connectivity index (χ4n) is 2.41. The fourth-order valence-corrected chi connectivity index (χ4v) is 2.98. The summed E-state index contributed by atoms with van der Waals surface area (Å²) in [5.41, 5.74) is 1.13. The van der Waals surface area contributed by atoms with Gasteiger partial charge in [0.2, 0.25) is 0 Å². The minimum Gasteiger partial charge on any atom is -0.307 e. The van der Waals surface area contributed by atoms with Crippen molar-refractivity contribution in [3.8, 4) is 0 Å². The molecule has 2 atom stereocenters. The fraction of sp³-hybridized carbons (Fsp3) is 0.571. The second kappa shape index (κ2) is 5.60. The molecular weight excluding hydrogens is 253 g/mol. The van der Waals surface area contributed by atoms with Crippen molar-refractivity contribution in [1.29, 1.82) is 0 Å². The zero-order valence-corrected chi connectivity index (χ0v) is 11.9. The molecule has 0 aromatic heterocycles. The first-order valence-corrected chi connectivity index (χ1v) is 7.04. The average Bonchev–Trinajstić information content (AvgIpc) is 2.13. The molecule has 94 valence electrons. The SMILES string of the molecule is CC(NC(C)C1CCC1)c1ccc(Cl)cc1Cl. The molecule has 0 spiro atoms. The first-order chi connectivity index (χ1) is 8.08. The van der Waals surface area contributed by atoms with E-state index in [1.807, 2.05) is 18.2 Å². The van der Waals surface area contributed by atoms with Crippen LogP contribution in [-0.2, 0) is 0 Å². The Kier molecular flexibility index (Phi) is 4.35. The number of hydrogen-bond acceptors (Lipinski definition) is 1. The molecule has 1 nitrogen and oxygen atoms in total. The average molecular weight is 272 g/mol. The van der Waals surface area contributed by atoms with Gasteiger partial charge in [0.15, 0.2) is 0 Å². The summed E-state index contributed by atoms with van der Waals surface area (Å²) in [6.07, 6.45) is 4.09. The summed E-state index contributed by atoms with van der Waals surface area (Å²) in [6, 6.07) is 6.55. The Morgan fingerprint density at radius 3 is 2.47 bits per heavy atom. The third-order valence-electron chi connectivity index (χ3n) is 3.80. The van der Waals surface area contributed by atoms with Crippen molar-refractivity contribution in [1.82, 2.24) is 5.32 Å². The topological polar surface area (TPSA) is 12.0 Å². The summed E-state index contributed by atoms with van der Waals surface area (Å²) in [6.45, 7) is 4.43. The maximum Gasteiger partial charge on any atom is 0.0468 e. The molecule has 0 radical (unpaired) electrons. The highest BCUT2D eigenvalue weighted by molar-refractivity contribution is 6.35. The smallest absolute Gasteiger partial charge is 0.0468 e. The van der Waals surface area contributed by atoms with E-state index in [2.05, 4.69) is 19.2 Å². The molecule has 0 amide bonds. The van der Waals surface area contributed by atoms with Gasteiger partial charge in [-0.15, -0.1) is 0 Å². The highest BCUT2D eigenvalue weighted by Crippen LogP contribution is 2.32. The molecule has 0 heterocycles. The van der Waals surface area contributed by atoms with Crippen LogP contribution in [0.3, 0.4) is 0 Å². The lowest BCUT2D eigenvalue weighted by Crippen LogP contribution is -2.38. The van der Waals surface area contributed by atoms with E-state index in [9.17, 15) is 0 Å². The van der Waals surface area contributed by atoms with Crippen molar-refractivity contribution in [3.05, 3.63) is 33.8 Å². The van der Waals surface area contributed by atoms with E-state index in [0.717, 1.165) is 16.5 Å². The first-order valence-electron chi connectivity index (χ1n) is 6.29. The molecule has 0 saturated heterocycles. The van der Waals surface area contributed by atoms with Crippen molar-refractivity contribution in [2.75, 3.05) is 0 Å². The molecule has 2 unspecified atom stereocenters. The lowest BCUT2D eigenvalue weighted by atomic mass is 9.80. The number of hydrogen-bond donors (Lipinski definition) is 1. The number of halogens is 2. The van der Waals surface area contributed by atoms with E-state index in [0.29, 0.717) is 11.1 Å². The van der Waals surface area contributed by atoms with E-state index >= 15 is 0 Å². The van der Waals surface area contributed by atoms with Crippen LogP contribution >= 0.6 is 23.2 Å². The third-order valence-corrected chi connectivity index (χ3v) is 4.36. The molecule has 1 aliphatic carbocycles. The predicted octanol–water partition coefficient (Wildman–Crippen LogP) is 4.83. The maximum absolute atomic E-state index is 6.21. The summed E-state index contributed by atoms with van der Waals surface area (Å²) in [7, 11) is 0. The van der Waals surface area contributed by atoms with Crippen LogP contribution < -0.4 is 5.32 Å². The number of nitrogens with one attached hydrogen (secondary N) is 1. The van der Waals surface area contributed by atoms with Gasteiger partial charge in [0.1, 0.15) is 0 Å². The Hall–Kier alpha value is -0.240. The highest BCUT2D eigenvalue weighted by atomic mass is 35.5. The van der Waals surface area contributed by atoms with Crippen molar-refractivity contribution in [2.45, 2.75) is 45.2 Å². The largest absolute Gasteiger partial charge is 0.307 e. The molecule has 1 saturated carbocycles. The Morgan fingerprint density at radius 2 is 1.94 bits per heavy atom. The van der Waals surface area contributed by atoms with Gasteiger partial charge in [-0.25, -0.2) is 0 Å². The molecule has 0 aliphatic heterocycles. The van der Waals surface area contributed by atoms with E-state index < -0.39 is 0 Å². The first kappa shape index (κ1) is 13.2. The number of rotatable bonds is 4. The molecule has 0 bridgehead atoms. The summed E-state index contributed by atoms with van der Waals surface area (Å²) >= 11 is 12.1. The van der Waals surface area contributed by atoms with Gasteiger partial charge in [0, 0.05) is 22.1 Å². The van der Waals surface area contributed by atoms with Crippen LogP contribution in [0.15, 0.2) is 18.2 Å². The Balaban J connectivity index is 2.00. The van der Waals surface area contributed by atoms with E-state index in [-0.39, 0.29) is 6.04 Å². The molecule has 1 aromatic rings. The van der Waals surface area contributed by atoms with E-state index in [4.69, 9.17) is 23.2 Å². The van der Waals surface area contributed by atoms with Crippen molar-refractivity contribution < 1.29 is 0 Å². The van der Waals surface area contributed by atoms with Gasteiger partial charge in [-0.1, -0.05) is 35.7 Å². The highest BCUT2D eigenvalue weighted by Gasteiger charge is 2.25. The van der Waals surface area contributed by atoms with Crippen LogP contribution in [0, 0.1) is 5.92 Å². The molecule has 1 N–H and O–H groups in total. The third kappa shape index (κ3) is 3.15. The van der Waals surface area contributed by atoms with Crippen molar-refractivity contribution in [3.63, 3.8) is 0 Å². The van der Waals surface area contributed by atoms with Gasteiger partial charge in [0.05, 0.1) is 0 Å². The van der Waals surface area contributed by atoms with Gasteiger partial charge in [0.25, 0.3) is 0 Å². The molecule has 2 rings (SSSR count). The van der Waals surface area contributed by atoms with Crippen LogP contribution in [0.25, 0.3) is 0 Å². The van der Waals surface area contributed by atoms with Crippen LogP contribution in [0.1, 0.15) is 44.7 Å². The van der Waals surface area contributed by atoms with E-state index in [1.165, 1.54) is 19.3 Å². The quantitative estimate of drug-likeness (QED) is 0.827. The summed E-state index contributed by atoms with van der Waals surface area (Å²) in [4.78, 5) is 0. The van der Waals surface area contributed by atoms with Crippen LogP contribution in [0.2, 0.25) is 10.0 Å². The maximum atomic E-state index is 6.21. The summed E-state index contributed by atoms with van der Waals surface area (Å²) < 4.78 is 0. The zero-order valence-electron chi connectivity index (χ0n) is 10.3. The molecule has 3 heteroatoms. The standard InChI is InChI=1S/C14H19Cl2N/c1-9(11-4-3-5-11)17-10(2)13-7-6-12(15)8-14(13)16/h6-11,17H,3-5H2,1-2H3. The molecule has 1 fully saturated rings. The van der Waals surface area contributed by atoms with Gasteiger partial charge in [-0.2, -0.15) is 0 Å². The monoisotopic (exact) mass is 271 g/mol. The Bertz CT molecular complexity index is 388. The molecule has 1 aliphatic rings. The lowest BCUT2D eigenvalue weighted by Gasteiger charge is -2.34. The minimum absolute atomic E-state index is 0.273. The minimum atomic E-state index is 0.273. The van der Waals surface area contributed by atoms with Crippen LogP contribution in [0.4, 0.5) is 0 Å². The van der Waals surface area contributed by atoms with Gasteiger partial charge in [-0.3, -0.25) is 0 Å². The van der Waals surface area contributed by atoms with Crippen LogP contribution in [-0.4, -0.2) is 6.04 Å². The van der Waals surface area contributed by atoms with Crippen molar-refractivity contribution in [2.24, 2.45) is 5.92 Å². The van der Waals surface area contributed by atoms with Gasteiger partial charge in [-0.05, 0) is 50.3 Å². The second-order valence-corrected chi connectivity index (χ2v) is 5.88. The van der Waals surface area contributed by atoms with Crippen molar-refractivity contribution >= 4 is 23.2 Å². The summed E-state index contributed by atoms with van der Waals surface area (Å²) in [5, 5.41) is 5.07. The van der Waals surface area contributed by atoms with Gasteiger partial charge < -0.3 is 5.32 Å². The normalized spacial score (nSPS) is 19.8. The van der Waals surface area contributed by atoms with Crippen LogP contribution in [0.5, 0.6) is 0 Å². The Labute approximate surface area is 114 Å². The Morgan fingerprint density at radius 1 is 1.24 bits per heavy atom. The molecule has 17 heavy (non-hydrogen) atoms. The molecule has 1 aromatic carbocycles. The zero-order chi connectivity index (χ0) is 12.4. The lowest BCUT2D eigenvalue weighted by molar-refractivity contribution is 0.230. The molecular formula is C14H19Cl2N. The summed E-state index contributed by atoms with van der Waals surface area (Å²) in [5.74, 6) is 0.837. The predicted molar refractivity (Wildman–Crippen MR) is 74.8 cm³/mol. The second-order valence-electron chi connectivity index (χ2n) is 5.03. The number of benzene rings is 1.